The first-order valence-electron chi connectivity index (χ1n) is 3.74. The third-order valence-corrected chi connectivity index (χ3v) is 2.56. The molecule has 3 atom stereocenters. The van der Waals surface area contributed by atoms with E-state index in [0.717, 1.165) is 12.3 Å². The second kappa shape index (κ2) is 1.84. The summed E-state index contributed by atoms with van der Waals surface area (Å²) in [6.07, 6.45) is 7.89. The van der Waals surface area contributed by atoms with Crippen LogP contribution in [0, 0.1) is 11.8 Å². The van der Waals surface area contributed by atoms with Crippen molar-refractivity contribution in [2.24, 2.45) is 11.8 Å². The largest absolute Gasteiger partial charge is 0.392 e. The van der Waals surface area contributed by atoms with Gasteiger partial charge in [0.05, 0.1) is 6.10 Å². The van der Waals surface area contributed by atoms with Gasteiger partial charge in [-0.25, -0.2) is 0 Å². The quantitative estimate of drug-likeness (QED) is 0.483. The fraction of sp³-hybridized carbons (Fsp3) is 0.750. The third kappa shape index (κ3) is 0.715. The van der Waals surface area contributed by atoms with E-state index in [1.165, 1.54) is 12.8 Å². The highest BCUT2D eigenvalue weighted by molar-refractivity contribution is 5.12. The van der Waals surface area contributed by atoms with Crippen LogP contribution >= 0.6 is 0 Å². The van der Waals surface area contributed by atoms with Crippen molar-refractivity contribution in [1.82, 2.24) is 0 Å². The first-order chi connectivity index (χ1) is 4.38. The van der Waals surface area contributed by atoms with Crippen LogP contribution in [-0.4, -0.2) is 11.2 Å². The van der Waals surface area contributed by atoms with Gasteiger partial charge in [-0.15, -0.1) is 0 Å². The molecule has 1 N–H and O–H groups in total. The number of aliphatic hydroxyl groups is 1. The van der Waals surface area contributed by atoms with E-state index in [9.17, 15) is 5.11 Å². The molecule has 0 aromatic rings. The Hall–Kier alpha value is -0.300. The van der Waals surface area contributed by atoms with Gasteiger partial charge in [0.2, 0.25) is 0 Å². The minimum atomic E-state index is -0.0197. The summed E-state index contributed by atoms with van der Waals surface area (Å²) in [6.45, 7) is 0. The summed E-state index contributed by atoms with van der Waals surface area (Å²) >= 11 is 0. The Labute approximate surface area is 55.4 Å². The molecule has 1 heteroatoms. The van der Waals surface area contributed by atoms with Crippen LogP contribution < -0.4 is 0 Å². The maximum absolute atomic E-state index is 9.35. The number of fused-ring (bicyclic) bond motifs is 1. The Morgan fingerprint density at radius 2 is 2.11 bits per heavy atom. The SMILES string of the molecule is OC1CCCC2C=CC12. The van der Waals surface area contributed by atoms with Crippen LogP contribution in [0.4, 0.5) is 0 Å². The molecule has 2 rings (SSSR count). The van der Waals surface area contributed by atoms with Crippen LogP contribution in [0.25, 0.3) is 0 Å². The lowest BCUT2D eigenvalue weighted by molar-refractivity contribution is 0.0594. The van der Waals surface area contributed by atoms with Gasteiger partial charge in [0, 0.05) is 5.92 Å². The fourth-order valence-corrected chi connectivity index (χ4v) is 1.85. The van der Waals surface area contributed by atoms with Gasteiger partial charge in [-0.05, 0) is 18.8 Å². The number of hydrogen-bond acceptors (Lipinski definition) is 1. The molecule has 1 fully saturated rings. The molecule has 0 heterocycles. The average molecular weight is 124 g/mol. The van der Waals surface area contributed by atoms with Gasteiger partial charge >= 0.3 is 0 Å². The van der Waals surface area contributed by atoms with Gasteiger partial charge in [0.1, 0.15) is 0 Å². The Bertz CT molecular complexity index is 140. The van der Waals surface area contributed by atoms with E-state index in [0.29, 0.717) is 5.92 Å². The predicted octanol–water partition coefficient (Wildman–Crippen LogP) is 1.33. The van der Waals surface area contributed by atoms with Crippen molar-refractivity contribution in [3.63, 3.8) is 0 Å². The van der Waals surface area contributed by atoms with E-state index < -0.39 is 0 Å². The molecule has 50 valence electrons. The second-order valence-electron chi connectivity index (χ2n) is 3.12. The van der Waals surface area contributed by atoms with Crippen LogP contribution in [0.1, 0.15) is 19.3 Å². The van der Waals surface area contributed by atoms with Crippen LogP contribution in [0.5, 0.6) is 0 Å². The Balaban J connectivity index is 2.08. The molecular formula is C8H12O. The molecule has 1 nitrogen and oxygen atoms in total. The summed E-state index contributed by atoms with van der Waals surface area (Å²) < 4.78 is 0. The smallest absolute Gasteiger partial charge is 0.0608 e. The first kappa shape index (κ1) is 5.48. The zero-order chi connectivity index (χ0) is 6.27. The van der Waals surface area contributed by atoms with Gasteiger partial charge in [-0.1, -0.05) is 18.6 Å². The molecule has 0 aliphatic heterocycles. The maximum Gasteiger partial charge on any atom is 0.0608 e. The van der Waals surface area contributed by atoms with E-state index >= 15 is 0 Å². The van der Waals surface area contributed by atoms with Gasteiger partial charge in [0.15, 0.2) is 0 Å². The van der Waals surface area contributed by atoms with E-state index in [1.54, 1.807) is 0 Å². The lowest BCUT2D eigenvalue weighted by Crippen LogP contribution is -2.34. The monoisotopic (exact) mass is 124 g/mol. The molecule has 0 radical (unpaired) electrons. The van der Waals surface area contributed by atoms with Crippen LogP contribution in [-0.2, 0) is 0 Å². The Morgan fingerprint density at radius 3 is 2.56 bits per heavy atom. The minimum Gasteiger partial charge on any atom is -0.392 e. The lowest BCUT2D eigenvalue weighted by atomic mass is 9.70. The van der Waals surface area contributed by atoms with Crippen molar-refractivity contribution in [3.8, 4) is 0 Å². The van der Waals surface area contributed by atoms with E-state index in [4.69, 9.17) is 0 Å². The normalized spacial score (nSPS) is 47.9. The number of aliphatic hydroxyl groups excluding tert-OH is 1. The average Bonchev–Trinajstić information content (AvgIpc) is 1.74. The molecule has 3 unspecified atom stereocenters. The molecule has 2 aliphatic carbocycles. The highest BCUT2D eigenvalue weighted by Gasteiger charge is 2.33. The second-order valence-corrected chi connectivity index (χ2v) is 3.12. The topological polar surface area (TPSA) is 20.2 Å². The minimum absolute atomic E-state index is 0.0197. The molecule has 0 bridgehead atoms. The third-order valence-electron chi connectivity index (χ3n) is 2.56. The van der Waals surface area contributed by atoms with Crippen molar-refractivity contribution in [3.05, 3.63) is 12.2 Å². The van der Waals surface area contributed by atoms with Crippen molar-refractivity contribution in [2.45, 2.75) is 25.4 Å². The van der Waals surface area contributed by atoms with Crippen molar-refractivity contribution >= 4 is 0 Å². The summed E-state index contributed by atoms with van der Waals surface area (Å²) in [5, 5.41) is 9.35. The van der Waals surface area contributed by atoms with Gasteiger partial charge in [0.25, 0.3) is 0 Å². The van der Waals surface area contributed by atoms with Gasteiger partial charge < -0.3 is 5.11 Å². The summed E-state index contributed by atoms with van der Waals surface area (Å²) in [5.74, 6) is 1.26. The number of hydrogen-bond donors (Lipinski definition) is 1. The molecule has 1 saturated carbocycles. The zero-order valence-electron chi connectivity index (χ0n) is 5.46. The highest BCUT2D eigenvalue weighted by Crippen LogP contribution is 2.38. The van der Waals surface area contributed by atoms with E-state index in [1.807, 2.05) is 0 Å². The summed E-state index contributed by atoms with van der Waals surface area (Å²) in [4.78, 5) is 0. The van der Waals surface area contributed by atoms with Crippen LogP contribution in [0.3, 0.4) is 0 Å². The maximum atomic E-state index is 9.35. The van der Waals surface area contributed by atoms with E-state index in [2.05, 4.69) is 12.2 Å². The summed E-state index contributed by atoms with van der Waals surface area (Å²) in [6, 6.07) is 0. The molecular weight excluding hydrogens is 112 g/mol. The predicted molar refractivity (Wildman–Crippen MR) is 36.0 cm³/mol. The molecule has 9 heavy (non-hydrogen) atoms. The number of allylic oxidation sites excluding steroid dienone is 1. The van der Waals surface area contributed by atoms with Crippen molar-refractivity contribution in [2.75, 3.05) is 0 Å². The van der Waals surface area contributed by atoms with Crippen molar-refractivity contribution in [1.29, 1.82) is 0 Å². The van der Waals surface area contributed by atoms with Gasteiger partial charge in [-0.3, -0.25) is 0 Å². The summed E-state index contributed by atoms with van der Waals surface area (Å²) in [5.41, 5.74) is 0. The molecule has 0 saturated heterocycles. The number of rotatable bonds is 0. The lowest BCUT2D eigenvalue weighted by Gasteiger charge is -2.37. The molecule has 0 aromatic heterocycles. The summed E-state index contributed by atoms with van der Waals surface area (Å²) in [7, 11) is 0. The van der Waals surface area contributed by atoms with Gasteiger partial charge in [-0.2, -0.15) is 0 Å². The molecule has 0 aromatic carbocycles. The molecule has 0 amide bonds. The molecule has 0 spiro atoms. The first-order valence-corrected chi connectivity index (χ1v) is 3.74. The Morgan fingerprint density at radius 1 is 1.22 bits per heavy atom. The molecule has 2 aliphatic rings. The van der Waals surface area contributed by atoms with Crippen molar-refractivity contribution < 1.29 is 5.11 Å². The highest BCUT2D eigenvalue weighted by atomic mass is 16.3. The zero-order valence-corrected chi connectivity index (χ0v) is 5.46. The van der Waals surface area contributed by atoms with Crippen LogP contribution in [0.2, 0.25) is 0 Å². The Kier molecular flexibility index (Phi) is 1.12. The fourth-order valence-electron chi connectivity index (χ4n) is 1.85. The standard InChI is InChI=1S/C8H12O/c9-8-3-1-2-6-4-5-7(6)8/h4-9H,1-3H2. The van der Waals surface area contributed by atoms with Crippen LogP contribution in [0.15, 0.2) is 12.2 Å². The van der Waals surface area contributed by atoms with E-state index in [-0.39, 0.29) is 6.10 Å².